The van der Waals surface area contributed by atoms with Gasteiger partial charge >= 0.3 is 0 Å². The quantitative estimate of drug-likeness (QED) is 0.635. The Balaban J connectivity index is 2.05. The van der Waals surface area contributed by atoms with Gasteiger partial charge < -0.3 is 4.74 Å². The molecular weight excluding hydrogens is 280 g/mol. The lowest BCUT2D eigenvalue weighted by Gasteiger charge is -2.06. The van der Waals surface area contributed by atoms with Crippen molar-refractivity contribution in [3.63, 3.8) is 0 Å². The molecule has 0 heterocycles. The van der Waals surface area contributed by atoms with Crippen molar-refractivity contribution in [3.05, 3.63) is 68.7 Å². The first kappa shape index (κ1) is 13.8. The minimum Gasteiger partial charge on any atom is -0.489 e. The second-order valence-corrected chi connectivity index (χ2v) is 4.37. The van der Waals surface area contributed by atoms with Gasteiger partial charge in [-0.25, -0.2) is 0 Å². The normalized spacial score (nSPS) is 9.80. The van der Waals surface area contributed by atoms with Gasteiger partial charge in [-0.05, 0) is 23.8 Å². The Morgan fingerprint density at radius 3 is 2.50 bits per heavy atom. The van der Waals surface area contributed by atoms with Gasteiger partial charge in [0.15, 0.2) is 0 Å². The second kappa shape index (κ2) is 6.04. The predicted molar refractivity (Wildman–Crippen MR) is 73.6 cm³/mol. The van der Waals surface area contributed by atoms with Crippen LogP contribution in [0.25, 0.3) is 0 Å². The average Bonchev–Trinajstić information content (AvgIpc) is 2.45. The van der Waals surface area contributed by atoms with Crippen LogP contribution in [0.4, 0.5) is 5.69 Å². The Hall–Kier alpha value is -2.58. The molecule has 2 aromatic rings. The minimum absolute atomic E-state index is 0.0346. The number of benzene rings is 2. The van der Waals surface area contributed by atoms with Crippen LogP contribution in [0, 0.1) is 21.4 Å². The molecule has 0 bridgehead atoms. The SMILES string of the molecule is N#Cc1ccc(COc2ccc([N+](=O)[O-])c(Cl)c2)cc1. The Kier molecular flexibility index (Phi) is 4.18. The van der Waals surface area contributed by atoms with Gasteiger partial charge in [0.2, 0.25) is 0 Å². The second-order valence-electron chi connectivity index (χ2n) is 3.97. The van der Waals surface area contributed by atoms with Gasteiger partial charge in [-0.1, -0.05) is 23.7 Å². The van der Waals surface area contributed by atoms with Crippen LogP contribution in [0.5, 0.6) is 5.75 Å². The fraction of sp³-hybridized carbons (Fsp3) is 0.0714. The molecule has 0 saturated heterocycles. The predicted octanol–water partition coefficient (Wildman–Crippen LogP) is 3.70. The highest BCUT2D eigenvalue weighted by Crippen LogP contribution is 2.28. The van der Waals surface area contributed by atoms with Crippen LogP contribution < -0.4 is 4.74 Å². The topological polar surface area (TPSA) is 76.2 Å². The van der Waals surface area contributed by atoms with E-state index < -0.39 is 4.92 Å². The number of rotatable bonds is 4. The van der Waals surface area contributed by atoms with Crippen LogP contribution >= 0.6 is 11.6 Å². The van der Waals surface area contributed by atoms with Crippen molar-refractivity contribution in [2.45, 2.75) is 6.61 Å². The third kappa shape index (κ3) is 3.25. The smallest absolute Gasteiger partial charge is 0.288 e. The zero-order chi connectivity index (χ0) is 14.5. The van der Waals surface area contributed by atoms with E-state index in [0.717, 1.165) is 5.56 Å². The van der Waals surface area contributed by atoms with E-state index in [9.17, 15) is 10.1 Å². The summed E-state index contributed by atoms with van der Waals surface area (Å²) >= 11 is 5.79. The maximum Gasteiger partial charge on any atom is 0.288 e. The Morgan fingerprint density at radius 1 is 1.25 bits per heavy atom. The summed E-state index contributed by atoms with van der Waals surface area (Å²) in [5.74, 6) is 0.449. The summed E-state index contributed by atoms with van der Waals surface area (Å²) in [6.45, 7) is 0.292. The van der Waals surface area contributed by atoms with Gasteiger partial charge in [0.1, 0.15) is 17.4 Å². The summed E-state index contributed by atoms with van der Waals surface area (Å²) in [6.07, 6.45) is 0. The highest BCUT2D eigenvalue weighted by Gasteiger charge is 2.12. The van der Waals surface area contributed by atoms with Crippen molar-refractivity contribution in [1.29, 1.82) is 5.26 Å². The molecule has 5 nitrogen and oxygen atoms in total. The van der Waals surface area contributed by atoms with E-state index in [4.69, 9.17) is 21.6 Å². The molecule has 0 aliphatic rings. The lowest BCUT2D eigenvalue weighted by atomic mass is 10.2. The van der Waals surface area contributed by atoms with Crippen molar-refractivity contribution < 1.29 is 9.66 Å². The van der Waals surface area contributed by atoms with Crippen molar-refractivity contribution in [3.8, 4) is 11.8 Å². The van der Waals surface area contributed by atoms with Crippen LogP contribution in [-0.2, 0) is 6.61 Å². The molecule has 6 heteroatoms. The molecule has 0 saturated carbocycles. The lowest BCUT2D eigenvalue weighted by Crippen LogP contribution is -1.96. The summed E-state index contributed by atoms with van der Waals surface area (Å²) in [4.78, 5) is 10.1. The highest BCUT2D eigenvalue weighted by molar-refractivity contribution is 6.32. The fourth-order valence-electron chi connectivity index (χ4n) is 1.57. The molecular formula is C14H9ClN2O3. The molecule has 0 spiro atoms. The first-order valence-corrected chi connectivity index (χ1v) is 6.04. The van der Waals surface area contributed by atoms with Crippen molar-refractivity contribution in [1.82, 2.24) is 0 Å². The summed E-state index contributed by atoms with van der Waals surface area (Å²) in [5, 5.41) is 19.3. The van der Waals surface area contributed by atoms with Gasteiger partial charge in [0.05, 0.1) is 16.6 Å². The molecule has 2 rings (SSSR count). The summed E-state index contributed by atoms with van der Waals surface area (Å²) in [5.41, 5.74) is 1.31. The number of nitriles is 1. The van der Waals surface area contributed by atoms with Crippen LogP contribution in [0.3, 0.4) is 0 Å². The molecule has 0 aliphatic carbocycles. The maximum absolute atomic E-state index is 10.6. The van der Waals surface area contributed by atoms with Gasteiger partial charge in [-0.3, -0.25) is 10.1 Å². The summed E-state index contributed by atoms with van der Waals surface area (Å²) < 4.78 is 5.49. The van der Waals surface area contributed by atoms with E-state index >= 15 is 0 Å². The van der Waals surface area contributed by atoms with E-state index in [1.165, 1.54) is 18.2 Å². The van der Waals surface area contributed by atoms with Crippen molar-refractivity contribution in [2.75, 3.05) is 0 Å². The highest BCUT2D eigenvalue weighted by atomic mass is 35.5. The molecule has 100 valence electrons. The first-order chi connectivity index (χ1) is 9.60. The van der Waals surface area contributed by atoms with Gasteiger partial charge in [0.25, 0.3) is 5.69 Å². The largest absolute Gasteiger partial charge is 0.489 e. The zero-order valence-corrected chi connectivity index (χ0v) is 11.0. The zero-order valence-electron chi connectivity index (χ0n) is 10.2. The number of hydrogen-bond acceptors (Lipinski definition) is 4. The van der Waals surface area contributed by atoms with Gasteiger partial charge in [-0.2, -0.15) is 5.26 Å². The molecule has 20 heavy (non-hydrogen) atoms. The number of halogens is 1. The third-order valence-electron chi connectivity index (χ3n) is 2.60. The Labute approximate surface area is 120 Å². The molecule has 0 unspecified atom stereocenters. The lowest BCUT2D eigenvalue weighted by molar-refractivity contribution is -0.384. The van der Waals surface area contributed by atoms with Crippen molar-refractivity contribution in [2.24, 2.45) is 0 Å². The van der Waals surface area contributed by atoms with Gasteiger partial charge in [-0.15, -0.1) is 0 Å². The van der Waals surface area contributed by atoms with Crippen LogP contribution in [0.15, 0.2) is 42.5 Å². The molecule has 2 aromatic carbocycles. The first-order valence-electron chi connectivity index (χ1n) is 5.66. The number of nitro groups is 1. The van der Waals surface area contributed by atoms with Crippen LogP contribution in [0.1, 0.15) is 11.1 Å². The summed E-state index contributed by atoms with van der Waals surface area (Å²) in [7, 11) is 0. The molecule has 0 aromatic heterocycles. The maximum atomic E-state index is 10.6. The Morgan fingerprint density at radius 2 is 1.95 bits per heavy atom. The number of hydrogen-bond donors (Lipinski definition) is 0. The monoisotopic (exact) mass is 288 g/mol. The Bertz CT molecular complexity index is 678. The molecule has 0 fully saturated rings. The number of ether oxygens (including phenoxy) is 1. The third-order valence-corrected chi connectivity index (χ3v) is 2.91. The minimum atomic E-state index is -0.549. The standard InChI is InChI=1S/C14H9ClN2O3/c15-13-7-12(5-6-14(13)17(18)19)20-9-11-3-1-10(8-16)2-4-11/h1-7H,9H2. The van der Waals surface area contributed by atoms with E-state index in [2.05, 4.69) is 0 Å². The van der Waals surface area contributed by atoms with E-state index in [0.29, 0.717) is 17.9 Å². The average molecular weight is 289 g/mol. The fourth-order valence-corrected chi connectivity index (χ4v) is 1.81. The number of nitrogens with zero attached hydrogens (tertiary/aromatic N) is 2. The van der Waals surface area contributed by atoms with Crippen LogP contribution in [-0.4, -0.2) is 4.92 Å². The molecule has 0 amide bonds. The number of nitro benzene ring substituents is 1. The van der Waals surface area contributed by atoms with E-state index in [1.54, 1.807) is 24.3 Å². The molecule has 0 N–H and O–H groups in total. The molecule has 0 atom stereocenters. The molecule has 0 radical (unpaired) electrons. The van der Waals surface area contributed by atoms with Crippen LogP contribution in [0.2, 0.25) is 5.02 Å². The molecule has 0 aliphatic heterocycles. The summed E-state index contributed by atoms with van der Waals surface area (Å²) in [6, 6.07) is 13.2. The van der Waals surface area contributed by atoms with Crippen molar-refractivity contribution >= 4 is 17.3 Å². The van der Waals surface area contributed by atoms with E-state index in [-0.39, 0.29) is 10.7 Å². The van der Waals surface area contributed by atoms with Gasteiger partial charge in [0, 0.05) is 12.1 Å². The van der Waals surface area contributed by atoms with E-state index in [1.807, 2.05) is 6.07 Å².